The fourth-order valence-corrected chi connectivity index (χ4v) is 4.97. The molecule has 0 N–H and O–H groups in total. The maximum absolute atomic E-state index is 12.5. The van der Waals surface area contributed by atoms with E-state index in [0.717, 1.165) is 38.5 Å². The highest BCUT2D eigenvalue weighted by Crippen LogP contribution is 2.58. The van der Waals surface area contributed by atoms with Crippen molar-refractivity contribution >= 4 is 12.4 Å². The molecular formula is C22H34O4. The van der Waals surface area contributed by atoms with E-state index in [1.807, 2.05) is 6.08 Å². The molecule has 2 aliphatic carbocycles. The smallest absolute Gasteiger partial charge is 0.312 e. The number of allylic oxidation sites excluding steroid dienone is 3. The molecule has 0 unspecified atom stereocenters. The van der Waals surface area contributed by atoms with Gasteiger partial charge in [0.2, 0.25) is 0 Å². The van der Waals surface area contributed by atoms with Gasteiger partial charge in [-0.3, -0.25) is 9.59 Å². The van der Waals surface area contributed by atoms with Crippen LogP contribution in [0.3, 0.4) is 0 Å². The molecule has 26 heavy (non-hydrogen) atoms. The van der Waals surface area contributed by atoms with Crippen molar-refractivity contribution in [3.8, 4) is 0 Å². The molecule has 4 heteroatoms. The van der Waals surface area contributed by atoms with Crippen LogP contribution in [-0.4, -0.2) is 26.2 Å². The lowest BCUT2D eigenvalue weighted by atomic mass is 9.51. The van der Waals surface area contributed by atoms with Gasteiger partial charge in [0.25, 0.3) is 6.47 Å². The number of hydrogen-bond donors (Lipinski definition) is 0. The Balaban J connectivity index is 2.21. The molecule has 4 nitrogen and oxygen atoms in total. The lowest BCUT2D eigenvalue weighted by molar-refractivity contribution is -0.156. The summed E-state index contributed by atoms with van der Waals surface area (Å²) < 4.78 is 9.95. The van der Waals surface area contributed by atoms with Crippen LogP contribution in [0.5, 0.6) is 0 Å². The van der Waals surface area contributed by atoms with E-state index in [1.165, 1.54) is 18.3 Å². The highest BCUT2D eigenvalue weighted by atomic mass is 16.5. The van der Waals surface area contributed by atoms with Gasteiger partial charge in [-0.15, -0.1) is 0 Å². The van der Waals surface area contributed by atoms with Crippen LogP contribution in [-0.2, 0) is 19.1 Å². The topological polar surface area (TPSA) is 52.6 Å². The fraction of sp³-hybridized carbons (Fsp3) is 0.727. The van der Waals surface area contributed by atoms with Crippen LogP contribution in [0.2, 0.25) is 0 Å². The maximum Gasteiger partial charge on any atom is 0.312 e. The molecule has 1 fully saturated rings. The summed E-state index contributed by atoms with van der Waals surface area (Å²) in [4.78, 5) is 22.8. The van der Waals surface area contributed by atoms with E-state index >= 15 is 0 Å². The van der Waals surface area contributed by atoms with Gasteiger partial charge in [-0.25, -0.2) is 0 Å². The van der Waals surface area contributed by atoms with Gasteiger partial charge < -0.3 is 9.47 Å². The van der Waals surface area contributed by atoms with Gasteiger partial charge in [-0.2, -0.15) is 0 Å². The molecule has 0 amide bonds. The second kappa shape index (κ2) is 8.41. The van der Waals surface area contributed by atoms with Crippen molar-refractivity contribution in [3.63, 3.8) is 0 Å². The van der Waals surface area contributed by atoms with Crippen LogP contribution < -0.4 is 0 Å². The van der Waals surface area contributed by atoms with Crippen LogP contribution >= 0.6 is 0 Å². The molecule has 0 spiro atoms. The summed E-state index contributed by atoms with van der Waals surface area (Å²) in [5.41, 5.74) is 2.41. The quantitative estimate of drug-likeness (QED) is 0.281. The molecule has 0 aromatic heterocycles. The average molecular weight is 363 g/mol. The Morgan fingerprint density at radius 3 is 2.73 bits per heavy atom. The van der Waals surface area contributed by atoms with Crippen molar-refractivity contribution in [2.75, 3.05) is 13.7 Å². The minimum Gasteiger partial charge on any atom is -0.469 e. The van der Waals surface area contributed by atoms with E-state index in [1.54, 1.807) is 0 Å². The van der Waals surface area contributed by atoms with Crippen molar-refractivity contribution in [2.45, 2.75) is 66.2 Å². The fourth-order valence-electron chi connectivity index (χ4n) is 4.97. The Kier molecular flexibility index (Phi) is 6.70. The number of fused-ring (bicyclic) bond motifs is 1. The van der Waals surface area contributed by atoms with E-state index in [-0.39, 0.29) is 17.3 Å². The van der Waals surface area contributed by atoms with Crippen LogP contribution in [0.1, 0.15) is 66.2 Å². The minimum atomic E-state index is -0.400. The lowest BCUT2D eigenvalue weighted by Gasteiger charge is -2.53. The first-order valence-corrected chi connectivity index (χ1v) is 9.79. The molecule has 146 valence electrons. The normalized spacial score (nSPS) is 34.5. The van der Waals surface area contributed by atoms with Gasteiger partial charge >= 0.3 is 5.97 Å². The molecule has 0 saturated heterocycles. The lowest BCUT2D eigenvalue weighted by Crippen LogP contribution is -2.47. The average Bonchev–Trinajstić information content (AvgIpc) is 2.63. The van der Waals surface area contributed by atoms with Gasteiger partial charge in [0, 0.05) is 0 Å². The first-order chi connectivity index (χ1) is 12.3. The standard InChI is InChI=1S/C22H34O4/c1-16(11-14-26-15-23)10-13-21(3)17(2)8-9-19-18(21)7-6-12-22(19,4)20(24)25-5/h7,11,15,17,19H,6,8-10,12-14H2,1-5H3/b16-11+/t17-,19-,21+,22+/m1/s1. The summed E-state index contributed by atoms with van der Waals surface area (Å²) in [6, 6.07) is 0. The van der Waals surface area contributed by atoms with Crippen molar-refractivity contribution in [1.82, 2.24) is 0 Å². The zero-order valence-corrected chi connectivity index (χ0v) is 17.0. The first kappa shape index (κ1) is 20.7. The number of ether oxygens (including phenoxy) is 2. The largest absolute Gasteiger partial charge is 0.469 e. The van der Waals surface area contributed by atoms with E-state index < -0.39 is 5.41 Å². The van der Waals surface area contributed by atoms with Crippen molar-refractivity contribution in [3.05, 3.63) is 23.3 Å². The van der Waals surface area contributed by atoms with E-state index in [9.17, 15) is 9.59 Å². The summed E-state index contributed by atoms with van der Waals surface area (Å²) in [6.45, 7) is 9.72. The number of hydrogen-bond acceptors (Lipinski definition) is 4. The van der Waals surface area contributed by atoms with Crippen LogP contribution in [0.4, 0.5) is 0 Å². The molecule has 0 aliphatic heterocycles. The van der Waals surface area contributed by atoms with Gasteiger partial charge in [-0.1, -0.05) is 31.1 Å². The first-order valence-electron chi connectivity index (χ1n) is 9.79. The van der Waals surface area contributed by atoms with Gasteiger partial charge in [0.1, 0.15) is 6.61 Å². The number of esters is 1. The van der Waals surface area contributed by atoms with Crippen molar-refractivity contribution < 1.29 is 19.1 Å². The monoisotopic (exact) mass is 362 g/mol. The van der Waals surface area contributed by atoms with E-state index in [4.69, 9.17) is 9.47 Å². The third-order valence-electron chi connectivity index (χ3n) is 7.09. The third kappa shape index (κ3) is 3.89. The predicted molar refractivity (Wildman–Crippen MR) is 102 cm³/mol. The van der Waals surface area contributed by atoms with Crippen LogP contribution in [0.15, 0.2) is 23.3 Å². The highest BCUT2D eigenvalue weighted by molar-refractivity contribution is 5.77. The Bertz CT molecular complexity index is 591. The Labute approximate surface area is 158 Å². The van der Waals surface area contributed by atoms with Crippen LogP contribution in [0.25, 0.3) is 0 Å². The summed E-state index contributed by atoms with van der Waals surface area (Å²) in [5.74, 6) is 0.809. The maximum atomic E-state index is 12.5. The molecule has 0 bridgehead atoms. The molecule has 0 radical (unpaired) electrons. The molecule has 0 heterocycles. The number of rotatable bonds is 7. The molecule has 0 aromatic carbocycles. The van der Waals surface area contributed by atoms with Gasteiger partial charge in [0.05, 0.1) is 12.5 Å². The number of methoxy groups -OCH3 is 1. The third-order valence-corrected chi connectivity index (χ3v) is 7.09. The summed E-state index contributed by atoms with van der Waals surface area (Å²) in [5, 5.41) is 0. The molecule has 2 aliphatic rings. The van der Waals surface area contributed by atoms with E-state index in [2.05, 4.69) is 33.8 Å². The summed E-state index contributed by atoms with van der Waals surface area (Å²) >= 11 is 0. The second-order valence-electron chi connectivity index (χ2n) is 8.54. The van der Waals surface area contributed by atoms with Crippen molar-refractivity contribution in [1.29, 1.82) is 0 Å². The van der Waals surface area contributed by atoms with Gasteiger partial charge in [-0.05, 0) is 75.7 Å². The van der Waals surface area contributed by atoms with E-state index in [0.29, 0.717) is 19.0 Å². The Morgan fingerprint density at radius 1 is 1.35 bits per heavy atom. The van der Waals surface area contributed by atoms with Gasteiger partial charge in [0.15, 0.2) is 0 Å². The number of carbonyl (C=O) groups excluding carboxylic acids is 2. The zero-order chi connectivity index (χ0) is 19.4. The Hall–Kier alpha value is -1.58. The second-order valence-corrected chi connectivity index (χ2v) is 8.54. The highest BCUT2D eigenvalue weighted by Gasteiger charge is 2.52. The summed E-state index contributed by atoms with van der Waals surface area (Å²) in [7, 11) is 1.51. The Morgan fingerprint density at radius 2 is 2.08 bits per heavy atom. The van der Waals surface area contributed by atoms with Crippen LogP contribution in [0, 0.1) is 22.7 Å². The molecule has 1 saturated carbocycles. The molecule has 2 rings (SSSR count). The number of carbonyl (C=O) groups is 2. The predicted octanol–water partition coefficient (Wildman–Crippen LogP) is 4.84. The zero-order valence-electron chi connectivity index (χ0n) is 17.0. The minimum absolute atomic E-state index is 0.0629. The SMILES string of the molecule is COC(=O)[C@@]1(C)CCC=C2[C@H]1CC[C@@H](C)[C@]2(C)CC/C(C)=C/COC=O. The molecular weight excluding hydrogens is 328 g/mol. The van der Waals surface area contributed by atoms with Crippen molar-refractivity contribution in [2.24, 2.45) is 22.7 Å². The summed E-state index contributed by atoms with van der Waals surface area (Å²) in [6.07, 6.45) is 10.4. The molecule has 0 aromatic rings. The molecule has 4 atom stereocenters.